The van der Waals surface area contributed by atoms with Crippen LogP contribution in [0.1, 0.15) is 28.8 Å². The molecule has 1 aromatic heterocycles. The number of benzene rings is 1. The smallest absolute Gasteiger partial charge is 0.170 e. The van der Waals surface area contributed by atoms with Gasteiger partial charge in [0, 0.05) is 43.9 Å². The van der Waals surface area contributed by atoms with Gasteiger partial charge in [0.05, 0.1) is 26.0 Å². The number of aryl methyl sites for hydroxylation is 1. The second-order valence-corrected chi connectivity index (χ2v) is 6.53. The Morgan fingerprint density at radius 2 is 2.16 bits per heavy atom. The fourth-order valence-corrected chi connectivity index (χ4v) is 3.45. The molecule has 0 amide bonds. The molecule has 2 aromatic rings. The monoisotopic (exact) mass is 343 g/mol. The van der Waals surface area contributed by atoms with Crippen LogP contribution in [0.25, 0.3) is 0 Å². The fraction of sp³-hybridized carbons (Fsp3) is 0.474. The molecular weight excluding hydrogens is 318 g/mol. The van der Waals surface area contributed by atoms with Crippen molar-refractivity contribution in [3.8, 4) is 11.5 Å². The quantitative estimate of drug-likeness (QED) is 0.755. The van der Waals surface area contributed by atoms with Crippen molar-refractivity contribution in [1.29, 1.82) is 0 Å². The molecule has 1 aromatic carbocycles. The van der Waals surface area contributed by atoms with Crippen molar-refractivity contribution in [3.05, 3.63) is 41.7 Å². The zero-order chi connectivity index (χ0) is 17.8. The molecule has 1 unspecified atom stereocenters. The van der Waals surface area contributed by atoms with E-state index in [1.807, 2.05) is 30.2 Å². The zero-order valence-electron chi connectivity index (χ0n) is 15.1. The number of Topliss-reactive ketones (excluding diaryl/α,β-unsaturated/α-hetero) is 1. The average Bonchev–Trinajstić information content (AvgIpc) is 3.05. The highest BCUT2D eigenvalue weighted by Gasteiger charge is 2.28. The third kappa shape index (κ3) is 4.02. The van der Waals surface area contributed by atoms with E-state index < -0.39 is 0 Å². The maximum absolute atomic E-state index is 13.0. The lowest BCUT2D eigenvalue weighted by Gasteiger charge is -2.31. The predicted octanol–water partition coefficient (Wildman–Crippen LogP) is 2.53. The molecule has 1 aliphatic rings. The van der Waals surface area contributed by atoms with Crippen LogP contribution < -0.4 is 9.47 Å². The van der Waals surface area contributed by atoms with E-state index in [0.717, 1.165) is 32.5 Å². The van der Waals surface area contributed by atoms with Crippen molar-refractivity contribution in [2.75, 3.05) is 27.3 Å². The van der Waals surface area contributed by atoms with Gasteiger partial charge in [0.2, 0.25) is 0 Å². The molecule has 0 N–H and O–H groups in total. The van der Waals surface area contributed by atoms with E-state index in [1.165, 1.54) is 5.56 Å². The number of hydrogen-bond donors (Lipinski definition) is 0. The van der Waals surface area contributed by atoms with Crippen LogP contribution >= 0.6 is 0 Å². The molecule has 6 nitrogen and oxygen atoms in total. The van der Waals surface area contributed by atoms with Gasteiger partial charge < -0.3 is 9.47 Å². The van der Waals surface area contributed by atoms with Crippen LogP contribution in [0.5, 0.6) is 11.5 Å². The van der Waals surface area contributed by atoms with Gasteiger partial charge in [-0.3, -0.25) is 14.4 Å². The standard InChI is InChI=1S/C19H25N3O3/c1-21-11-14(10-20-21)12-22-8-4-5-15(13-22)19(23)17-7-6-16(24-2)9-18(17)25-3/h6-7,9-11,15H,4-5,8,12-13H2,1-3H3. The molecule has 0 saturated carbocycles. The summed E-state index contributed by atoms with van der Waals surface area (Å²) >= 11 is 0. The van der Waals surface area contributed by atoms with Gasteiger partial charge in [0.15, 0.2) is 5.78 Å². The number of rotatable bonds is 6. The Morgan fingerprint density at radius 1 is 1.32 bits per heavy atom. The minimum atomic E-state index is -0.00674. The summed E-state index contributed by atoms with van der Waals surface area (Å²) in [7, 11) is 5.11. The van der Waals surface area contributed by atoms with Crippen LogP contribution in [0.15, 0.2) is 30.6 Å². The first-order chi connectivity index (χ1) is 12.1. The van der Waals surface area contributed by atoms with Crippen LogP contribution in [-0.4, -0.2) is 47.8 Å². The summed E-state index contributed by atoms with van der Waals surface area (Å²) in [5, 5.41) is 4.22. The summed E-state index contributed by atoms with van der Waals surface area (Å²) in [6.07, 6.45) is 5.85. The number of ether oxygens (including phenoxy) is 2. The van der Waals surface area contributed by atoms with Gasteiger partial charge in [0.25, 0.3) is 0 Å². The third-order valence-electron chi connectivity index (χ3n) is 4.71. The van der Waals surface area contributed by atoms with Crippen LogP contribution in [-0.2, 0) is 13.6 Å². The summed E-state index contributed by atoms with van der Waals surface area (Å²) in [5.41, 5.74) is 1.81. The number of hydrogen-bond acceptors (Lipinski definition) is 5. The van der Waals surface area contributed by atoms with Crippen molar-refractivity contribution in [3.63, 3.8) is 0 Å². The van der Waals surface area contributed by atoms with Crippen LogP contribution in [0.3, 0.4) is 0 Å². The molecule has 1 fully saturated rings. The van der Waals surface area contributed by atoms with E-state index in [4.69, 9.17) is 9.47 Å². The second kappa shape index (κ2) is 7.70. The largest absolute Gasteiger partial charge is 0.497 e. The van der Waals surface area contributed by atoms with Crippen molar-refractivity contribution in [2.24, 2.45) is 13.0 Å². The molecular formula is C19H25N3O3. The van der Waals surface area contributed by atoms with Crippen molar-refractivity contribution in [1.82, 2.24) is 14.7 Å². The number of likely N-dealkylation sites (tertiary alicyclic amines) is 1. The molecule has 0 radical (unpaired) electrons. The molecule has 2 heterocycles. The maximum Gasteiger partial charge on any atom is 0.170 e. The van der Waals surface area contributed by atoms with E-state index in [9.17, 15) is 4.79 Å². The first kappa shape index (κ1) is 17.5. The lowest BCUT2D eigenvalue weighted by atomic mass is 9.89. The molecule has 1 saturated heterocycles. The number of aromatic nitrogens is 2. The molecule has 25 heavy (non-hydrogen) atoms. The highest BCUT2D eigenvalue weighted by molar-refractivity contribution is 6.00. The minimum absolute atomic E-state index is 0.00674. The van der Waals surface area contributed by atoms with Crippen LogP contribution in [0.4, 0.5) is 0 Å². The molecule has 6 heteroatoms. The molecule has 3 rings (SSSR count). The predicted molar refractivity (Wildman–Crippen MR) is 95.1 cm³/mol. The summed E-state index contributed by atoms with van der Waals surface area (Å²) < 4.78 is 12.4. The SMILES string of the molecule is COc1ccc(C(=O)C2CCCN(Cc3cnn(C)c3)C2)c(OC)c1. The van der Waals surface area contributed by atoms with E-state index in [1.54, 1.807) is 26.4 Å². The Balaban J connectivity index is 1.71. The van der Waals surface area contributed by atoms with Crippen molar-refractivity contribution in [2.45, 2.75) is 19.4 Å². The van der Waals surface area contributed by atoms with Crippen LogP contribution in [0, 0.1) is 5.92 Å². The summed E-state index contributed by atoms with van der Waals surface area (Å²) in [6, 6.07) is 5.38. The molecule has 1 atom stereocenters. The van der Waals surface area contributed by atoms with E-state index in [2.05, 4.69) is 10.00 Å². The Hall–Kier alpha value is -2.34. The second-order valence-electron chi connectivity index (χ2n) is 6.53. The molecule has 0 spiro atoms. The van der Waals surface area contributed by atoms with Gasteiger partial charge in [0.1, 0.15) is 11.5 Å². The highest BCUT2D eigenvalue weighted by atomic mass is 16.5. The van der Waals surface area contributed by atoms with Gasteiger partial charge in [-0.25, -0.2) is 0 Å². The van der Waals surface area contributed by atoms with Gasteiger partial charge in [-0.15, -0.1) is 0 Å². The van der Waals surface area contributed by atoms with E-state index in [0.29, 0.717) is 17.1 Å². The number of piperidine rings is 1. The average molecular weight is 343 g/mol. The highest BCUT2D eigenvalue weighted by Crippen LogP contribution is 2.29. The normalized spacial score (nSPS) is 18.1. The Bertz CT molecular complexity index is 741. The summed E-state index contributed by atoms with van der Waals surface area (Å²) in [5.74, 6) is 1.41. The zero-order valence-corrected chi connectivity index (χ0v) is 15.1. The number of nitrogens with zero attached hydrogens (tertiary/aromatic N) is 3. The van der Waals surface area contributed by atoms with Gasteiger partial charge in [-0.1, -0.05) is 0 Å². The van der Waals surface area contributed by atoms with E-state index in [-0.39, 0.29) is 11.7 Å². The first-order valence-corrected chi connectivity index (χ1v) is 8.57. The van der Waals surface area contributed by atoms with Gasteiger partial charge in [-0.2, -0.15) is 5.10 Å². The Kier molecular flexibility index (Phi) is 5.38. The van der Waals surface area contributed by atoms with Crippen molar-refractivity contribution >= 4 is 5.78 Å². The summed E-state index contributed by atoms with van der Waals surface area (Å²) in [4.78, 5) is 15.3. The van der Waals surface area contributed by atoms with Crippen molar-refractivity contribution < 1.29 is 14.3 Å². The van der Waals surface area contributed by atoms with Gasteiger partial charge >= 0.3 is 0 Å². The fourth-order valence-electron chi connectivity index (χ4n) is 3.45. The molecule has 134 valence electrons. The number of carbonyl (C=O) groups excluding carboxylic acids is 1. The number of carbonyl (C=O) groups is 1. The molecule has 0 aliphatic carbocycles. The molecule has 1 aliphatic heterocycles. The number of methoxy groups -OCH3 is 2. The number of ketones is 1. The molecule has 0 bridgehead atoms. The Labute approximate surface area is 148 Å². The topological polar surface area (TPSA) is 56.6 Å². The maximum atomic E-state index is 13.0. The first-order valence-electron chi connectivity index (χ1n) is 8.57. The Morgan fingerprint density at radius 3 is 2.84 bits per heavy atom. The minimum Gasteiger partial charge on any atom is -0.497 e. The lowest BCUT2D eigenvalue weighted by molar-refractivity contribution is 0.0808. The van der Waals surface area contributed by atoms with Gasteiger partial charge in [-0.05, 0) is 31.5 Å². The third-order valence-corrected chi connectivity index (χ3v) is 4.71. The van der Waals surface area contributed by atoms with Crippen LogP contribution in [0.2, 0.25) is 0 Å². The van der Waals surface area contributed by atoms with E-state index >= 15 is 0 Å². The lowest BCUT2D eigenvalue weighted by Crippen LogP contribution is -2.38. The summed E-state index contributed by atoms with van der Waals surface area (Å²) in [6.45, 7) is 2.61.